The summed E-state index contributed by atoms with van der Waals surface area (Å²) in [5.74, 6) is -3.27. The highest BCUT2D eigenvalue weighted by Crippen LogP contribution is 2.26. The van der Waals surface area contributed by atoms with Gasteiger partial charge in [-0.1, -0.05) is 195 Å². The van der Waals surface area contributed by atoms with Crippen LogP contribution >= 0.6 is 0 Å². The van der Waals surface area contributed by atoms with Crippen LogP contribution in [0.25, 0.3) is 0 Å². The first-order valence-corrected chi connectivity index (χ1v) is 27.2. The molecule has 1 heterocycles. The van der Waals surface area contributed by atoms with Crippen molar-refractivity contribution in [2.45, 2.75) is 237 Å². The number of allylic oxidation sites excluding steroid dienone is 16. The second-order valence-corrected chi connectivity index (χ2v) is 18.1. The molecule has 3 N–H and O–H groups in total. The maximum absolute atomic E-state index is 13.0. The Kier molecular flexibility index (Phi) is 42.5. The molecule has 71 heavy (non-hydrogen) atoms. The molecule has 402 valence electrons. The van der Waals surface area contributed by atoms with Gasteiger partial charge < -0.3 is 39.0 Å². The van der Waals surface area contributed by atoms with Gasteiger partial charge in [-0.3, -0.25) is 14.4 Å². The van der Waals surface area contributed by atoms with E-state index >= 15 is 0 Å². The van der Waals surface area contributed by atoms with E-state index < -0.39 is 67.3 Å². The van der Waals surface area contributed by atoms with Gasteiger partial charge in [0.1, 0.15) is 18.8 Å². The van der Waals surface area contributed by atoms with Gasteiger partial charge in [-0.05, 0) is 83.5 Å². The van der Waals surface area contributed by atoms with E-state index in [1.165, 1.54) is 38.5 Å². The minimum atomic E-state index is -1.92. The number of carboxylic acids is 1. The van der Waals surface area contributed by atoms with Crippen LogP contribution in [0.2, 0.25) is 0 Å². The minimum Gasteiger partial charge on any atom is -0.479 e. The fourth-order valence-electron chi connectivity index (χ4n) is 7.55. The Labute approximate surface area is 428 Å². The van der Waals surface area contributed by atoms with E-state index in [0.717, 1.165) is 96.3 Å². The van der Waals surface area contributed by atoms with Crippen molar-refractivity contribution < 1.29 is 58.2 Å². The van der Waals surface area contributed by atoms with Crippen LogP contribution in [0.4, 0.5) is 0 Å². The third-order valence-corrected chi connectivity index (χ3v) is 11.7. The monoisotopic (exact) mass is 995 g/mol. The normalized spacial score (nSPS) is 19.3. The van der Waals surface area contributed by atoms with Gasteiger partial charge in [0.15, 0.2) is 24.6 Å². The largest absolute Gasteiger partial charge is 0.479 e. The highest BCUT2D eigenvalue weighted by molar-refractivity contribution is 5.74. The van der Waals surface area contributed by atoms with E-state index in [0.29, 0.717) is 25.7 Å². The Morgan fingerprint density at radius 3 is 1.41 bits per heavy atom. The lowest BCUT2D eigenvalue weighted by Gasteiger charge is -2.40. The Morgan fingerprint density at radius 1 is 0.479 bits per heavy atom. The van der Waals surface area contributed by atoms with E-state index in [1.807, 2.05) is 12.2 Å². The molecule has 6 unspecified atom stereocenters. The van der Waals surface area contributed by atoms with E-state index in [-0.39, 0.29) is 25.9 Å². The summed E-state index contributed by atoms with van der Waals surface area (Å²) in [7, 11) is 0. The molecule has 0 amide bonds. The Morgan fingerprint density at radius 2 is 0.915 bits per heavy atom. The molecular formula is C59H94O12. The number of unbranched alkanes of at least 4 members (excludes halogenated alkanes) is 14. The first-order valence-electron chi connectivity index (χ1n) is 27.2. The van der Waals surface area contributed by atoms with Crippen molar-refractivity contribution in [2.75, 3.05) is 13.2 Å². The lowest BCUT2D eigenvalue weighted by atomic mass is 9.98. The predicted molar refractivity (Wildman–Crippen MR) is 284 cm³/mol. The molecule has 0 saturated carbocycles. The van der Waals surface area contributed by atoms with Crippen LogP contribution in [-0.4, -0.2) is 89.2 Å². The van der Waals surface area contributed by atoms with Gasteiger partial charge in [-0.15, -0.1) is 0 Å². The number of ether oxygens (including phenoxy) is 5. The number of carbonyl (C=O) groups is 4. The van der Waals surface area contributed by atoms with E-state index in [4.69, 9.17) is 23.7 Å². The first-order chi connectivity index (χ1) is 34.6. The number of aliphatic carboxylic acids is 1. The van der Waals surface area contributed by atoms with Crippen LogP contribution in [0.3, 0.4) is 0 Å². The van der Waals surface area contributed by atoms with Crippen molar-refractivity contribution in [3.8, 4) is 0 Å². The fraction of sp³-hybridized carbons (Fsp3) is 0.661. The van der Waals surface area contributed by atoms with Gasteiger partial charge in [0.2, 0.25) is 0 Å². The zero-order valence-electron chi connectivity index (χ0n) is 43.9. The molecule has 1 aliphatic heterocycles. The van der Waals surface area contributed by atoms with E-state index in [2.05, 4.69) is 106 Å². The summed E-state index contributed by atoms with van der Waals surface area (Å²) in [4.78, 5) is 50.9. The van der Waals surface area contributed by atoms with Gasteiger partial charge in [0.05, 0.1) is 6.61 Å². The number of carbonyl (C=O) groups excluding carboxylic acids is 3. The van der Waals surface area contributed by atoms with Gasteiger partial charge >= 0.3 is 23.9 Å². The third kappa shape index (κ3) is 37.1. The second-order valence-electron chi connectivity index (χ2n) is 18.1. The molecule has 0 aromatic rings. The predicted octanol–water partition coefficient (Wildman–Crippen LogP) is 13.3. The molecule has 0 bridgehead atoms. The maximum Gasteiger partial charge on any atom is 0.335 e. The lowest BCUT2D eigenvalue weighted by Crippen LogP contribution is -2.61. The van der Waals surface area contributed by atoms with Crippen LogP contribution in [0.15, 0.2) is 97.2 Å². The Bertz CT molecular complexity index is 1610. The van der Waals surface area contributed by atoms with Crippen molar-refractivity contribution in [2.24, 2.45) is 0 Å². The number of hydrogen-bond acceptors (Lipinski definition) is 11. The molecule has 1 aliphatic rings. The summed E-state index contributed by atoms with van der Waals surface area (Å²) in [6.45, 7) is 5.64. The summed E-state index contributed by atoms with van der Waals surface area (Å²) in [5, 5.41) is 31.3. The van der Waals surface area contributed by atoms with Gasteiger partial charge in [0, 0.05) is 19.3 Å². The fourth-order valence-corrected chi connectivity index (χ4v) is 7.55. The smallest absolute Gasteiger partial charge is 0.335 e. The summed E-state index contributed by atoms with van der Waals surface area (Å²) < 4.78 is 28.2. The zero-order valence-corrected chi connectivity index (χ0v) is 43.9. The average Bonchev–Trinajstić information content (AvgIpc) is 3.35. The van der Waals surface area contributed by atoms with Crippen LogP contribution in [0.1, 0.15) is 201 Å². The number of carboxylic acid groups (broad SMARTS) is 1. The standard InChI is InChI=1S/C59H94O12/c1-4-7-10-13-16-19-22-24-25-26-27-29-31-33-36-39-42-45-51(60)67-48-50(69-52(61)46-43-40-37-35-32-28-23-20-17-14-11-8-5-2)49-68-59-57(55(64)54(63)56(71-59)58(65)66)70-53(62)47-44-41-38-34-30-21-18-15-12-9-6-3/h7-8,10-11,16-17,19-20,24-25,27-29,32,37,40,50,54-57,59,63-64H,4-6,9,12-15,18,21-23,26,30-31,33-36,38-39,41-49H2,1-3H3,(H,65,66)/b10-7-,11-8-,19-16-,20-17-,25-24-,29-27-,32-28-,40-37-. The van der Waals surface area contributed by atoms with E-state index in [9.17, 15) is 34.5 Å². The van der Waals surface area contributed by atoms with Crippen molar-refractivity contribution >= 4 is 23.9 Å². The summed E-state index contributed by atoms with van der Waals surface area (Å²) in [6, 6.07) is 0. The first kappa shape index (κ1) is 64.7. The summed E-state index contributed by atoms with van der Waals surface area (Å²) in [5.41, 5.74) is 0. The third-order valence-electron chi connectivity index (χ3n) is 11.7. The number of aliphatic hydroxyl groups is 2. The van der Waals surface area contributed by atoms with E-state index in [1.54, 1.807) is 0 Å². The summed E-state index contributed by atoms with van der Waals surface area (Å²) in [6.07, 6.45) is 48.4. The zero-order chi connectivity index (χ0) is 51.8. The molecule has 12 heteroatoms. The van der Waals surface area contributed by atoms with Crippen molar-refractivity contribution in [1.82, 2.24) is 0 Å². The highest BCUT2D eigenvalue weighted by Gasteiger charge is 2.50. The molecule has 12 nitrogen and oxygen atoms in total. The average molecular weight is 995 g/mol. The molecular weight excluding hydrogens is 901 g/mol. The Hall–Kier alpha value is -4.36. The number of esters is 3. The van der Waals surface area contributed by atoms with Crippen LogP contribution in [-0.2, 0) is 42.9 Å². The second kappa shape index (κ2) is 46.7. The SMILES string of the molecule is CC/C=C\C/C=C\C/C=C\C/C=C\CCCCCCC(=O)OCC(COC1OC(C(=O)O)C(O)C(O)C1OC(=O)CCCCCCCCCCCCC)OC(=O)CC/C=C\C/C=C\C/C=C\C/C=C\CC. The number of hydrogen-bond donors (Lipinski definition) is 3. The van der Waals surface area contributed by atoms with Crippen molar-refractivity contribution in [3.05, 3.63) is 97.2 Å². The summed E-state index contributed by atoms with van der Waals surface area (Å²) >= 11 is 0. The van der Waals surface area contributed by atoms with Crippen LogP contribution in [0, 0.1) is 0 Å². The van der Waals surface area contributed by atoms with Gasteiger partial charge in [-0.25, -0.2) is 4.79 Å². The molecule has 0 aliphatic carbocycles. The number of aliphatic hydroxyl groups excluding tert-OH is 2. The molecule has 0 aromatic carbocycles. The molecule has 1 fully saturated rings. The van der Waals surface area contributed by atoms with Gasteiger partial charge in [-0.2, -0.15) is 0 Å². The minimum absolute atomic E-state index is 0.0325. The molecule has 0 spiro atoms. The molecule has 0 aromatic heterocycles. The quantitative estimate of drug-likeness (QED) is 0.0228. The molecule has 0 radical (unpaired) electrons. The molecule has 6 atom stereocenters. The molecule has 1 rings (SSSR count). The van der Waals surface area contributed by atoms with Gasteiger partial charge in [0.25, 0.3) is 0 Å². The van der Waals surface area contributed by atoms with Crippen molar-refractivity contribution in [3.63, 3.8) is 0 Å². The lowest BCUT2D eigenvalue weighted by molar-refractivity contribution is -0.301. The maximum atomic E-state index is 13.0. The topological polar surface area (TPSA) is 175 Å². The van der Waals surface area contributed by atoms with Crippen LogP contribution < -0.4 is 0 Å². The number of rotatable bonds is 44. The van der Waals surface area contributed by atoms with Crippen LogP contribution in [0.5, 0.6) is 0 Å². The molecule has 1 saturated heterocycles. The Balaban J connectivity index is 2.77. The van der Waals surface area contributed by atoms with Crippen molar-refractivity contribution in [1.29, 1.82) is 0 Å². The highest BCUT2D eigenvalue weighted by atomic mass is 16.7.